The highest BCUT2D eigenvalue weighted by Crippen LogP contribution is 2.50. The summed E-state index contributed by atoms with van der Waals surface area (Å²) in [7, 11) is 2.96. The van der Waals surface area contributed by atoms with Crippen molar-refractivity contribution in [2.24, 2.45) is 22.4 Å². The van der Waals surface area contributed by atoms with E-state index in [0.29, 0.717) is 70.3 Å². The van der Waals surface area contributed by atoms with E-state index in [0.717, 1.165) is 31.2 Å². The summed E-state index contributed by atoms with van der Waals surface area (Å²) >= 11 is 0. The first kappa shape index (κ1) is 32.3. The third-order valence-electron chi connectivity index (χ3n) is 8.71. The van der Waals surface area contributed by atoms with Gasteiger partial charge in [-0.25, -0.2) is 4.99 Å². The second-order valence-corrected chi connectivity index (χ2v) is 15.6. The van der Waals surface area contributed by atoms with Crippen molar-refractivity contribution in [1.29, 1.82) is 0 Å². The number of hydrogen-bond donors (Lipinski definition) is 5. The highest BCUT2D eigenvalue weighted by Gasteiger charge is 2.42. The molecule has 3 heterocycles. The number of aliphatic imine (C=N–C) groups is 1. The first-order chi connectivity index (χ1) is 20.3. The SMILES string of the molecule is CC(C)CCc1c2oc3c(c4c(c(OC5CCCC5)c3c1=O)CC(C(C)(C)O)O4)CSSCC(CO)(N=C(N)N)CC2O. The van der Waals surface area contributed by atoms with Crippen molar-refractivity contribution in [3.8, 4) is 11.5 Å². The normalized spacial score (nSPS) is 24.7. The van der Waals surface area contributed by atoms with E-state index < -0.39 is 30.0 Å². The van der Waals surface area contributed by atoms with E-state index in [-0.39, 0.29) is 29.7 Å². The van der Waals surface area contributed by atoms with Crippen molar-refractivity contribution in [3.63, 3.8) is 0 Å². The molecular weight excluding hydrogens is 590 g/mol. The van der Waals surface area contributed by atoms with Crippen LogP contribution in [0.25, 0.3) is 11.0 Å². The number of aliphatic hydroxyl groups excluding tert-OH is 2. The van der Waals surface area contributed by atoms with Crippen LogP contribution in [-0.4, -0.2) is 57.0 Å². The zero-order chi connectivity index (χ0) is 31.1. The van der Waals surface area contributed by atoms with Gasteiger partial charge in [0.05, 0.1) is 18.3 Å². The number of nitrogens with two attached hydrogens (primary N) is 2. The second kappa shape index (κ2) is 12.7. The lowest BCUT2D eigenvalue weighted by Gasteiger charge is -2.29. The van der Waals surface area contributed by atoms with Crippen LogP contribution >= 0.6 is 21.6 Å². The van der Waals surface area contributed by atoms with Crippen LogP contribution in [-0.2, 0) is 18.6 Å². The molecule has 0 radical (unpaired) electrons. The van der Waals surface area contributed by atoms with Crippen LogP contribution in [0.3, 0.4) is 0 Å². The summed E-state index contributed by atoms with van der Waals surface area (Å²) in [5, 5.41) is 33.5. The molecule has 3 aliphatic rings. The van der Waals surface area contributed by atoms with Gasteiger partial charge in [0, 0.05) is 41.0 Å². The fourth-order valence-corrected chi connectivity index (χ4v) is 8.82. The molecule has 1 saturated carbocycles. The Morgan fingerprint density at radius 2 is 1.93 bits per heavy atom. The lowest BCUT2D eigenvalue weighted by Crippen LogP contribution is -2.40. The predicted molar refractivity (Wildman–Crippen MR) is 172 cm³/mol. The number of aliphatic hydroxyl groups is 3. The van der Waals surface area contributed by atoms with Gasteiger partial charge < -0.3 is 40.7 Å². The van der Waals surface area contributed by atoms with Crippen LogP contribution in [0.1, 0.15) is 94.8 Å². The van der Waals surface area contributed by atoms with Gasteiger partial charge in [-0.3, -0.25) is 4.79 Å². The number of hydrogen-bond acceptors (Lipinski definition) is 10. The van der Waals surface area contributed by atoms with Gasteiger partial charge in [0.2, 0.25) is 0 Å². The maximum absolute atomic E-state index is 14.7. The van der Waals surface area contributed by atoms with Gasteiger partial charge in [-0.05, 0) is 58.3 Å². The molecule has 2 aromatic rings. The molecule has 1 fully saturated rings. The van der Waals surface area contributed by atoms with Crippen LogP contribution in [0.2, 0.25) is 0 Å². The third-order valence-corrected chi connectivity index (χ3v) is 11.1. The maximum Gasteiger partial charge on any atom is 0.200 e. The van der Waals surface area contributed by atoms with Crippen molar-refractivity contribution in [3.05, 3.63) is 32.7 Å². The summed E-state index contributed by atoms with van der Waals surface area (Å²) in [4.78, 5) is 19.0. The van der Waals surface area contributed by atoms with Gasteiger partial charge >= 0.3 is 0 Å². The van der Waals surface area contributed by atoms with E-state index in [1.54, 1.807) is 13.8 Å². The Morgan fingerprint density at radius 1 is 1.21 bits per heavy atom. The molecule has 12 heteroatoms. The minimum Gasteiger partial charge on any atom is -0.489 e. The predicted octanol–water partition coefficient (Wildman–Crippen LogP) is 4.10. The number of rotatable bonds is 8. The van der Waals surface area contributed by atoms with Gasteiger partial charge in [0.1, 0.15) is 46.0 Å². The fraction of sp³-hybridized carbons (Fsp3) is 0.677. The Bertz CT molecular complexity index is 1430. The van der Waals surface area contributed by atoms with Gasteiger partial charge in [0.15, 0.2) is 11.4 Å². The molecule has 1 aromatic heterocycles. The zero-order valence-corrected chi connectivity index (χ0v) is 27.1. The van der Waals surface area contributed by atoms with E-state index in [4.69, 9.17) is 25.4 Å². The lowest BCUT2D eigenvalue weighted by molar-refractivity contribution is -0.0231. The molecule has 0 spiro atoms. The number of fused-ring (bicyclic) bond motifs is 3. The van der Waals surface area contributed by atoms with Crippen LogP contribution in [0.4, 0.5) is 0 Å². The van der Waals surface area contributed by atoms with Crippen molar-refractivity contribution >= 4 is 38.5 Å². The monoisotopic (exact) mass is 635 g/mol. The quantitative estimate of drug-likeness (QED) is 0.161. The lowest BCUT2D eigenvalue weighted by atomic mass is 9.90. The molecule has 0 amide bonds. The summed E-state index contributed by atoms with van der Waals surface area (Å²) < 4.78 is 19.8. The minimum absolute atomic E-state index is 0.0279. The molecule has 2 bridgehead atoms. The molecule has 3 unspecified atom stereocenters. The molecule has 0 saturated heterocycles. The Morgan fingerprint density at radius 3 is 2.56 bits per heavy atom. The first-order valence-corrected chi connectivity index (χ1v) is 17.7. The van der Waals surface area contributed by atoms with Crippen molar-refractivity contribution in [1.82, 2.24) is 0 Å². The highest BCUT2D eigenvalue weighted by atomic mass is 33.1. The Balaban J connectivity index is 1.79. The van der Waals surface area contributed by atoms with Crippen LogP contribution in [0.15, 0.2) is 14.2 Å². The molecule has 238 valence electrons. The zero-order valence-electron chi connectivity index (χ0n) is 25.5. The van der Waals surface area contributed by atoms with Gasteiger partial charge in [-0.2, -0.15) is 0 Å². The summed E-state index contributed by atoms with van der Waals surface area (Å²) in [5.41, 5.74) is 11.2. The van der Waals surface area contributed by atoms with Gasteiger partial charge in [-0.15, -0.1) is 0 Å². The first-order valence-electron chi connectivity index (χ1n) is 15.2. The van der Waals surface area contributed by atoms with E-state index in [9.17, 15) is 20.1 Å². The Labute approximate surface area is 260 Å². The highest BCUT2D eigenvalue weighted by molar-refractivity contribution is 8.76. The molecule has 10 nitrogen and oxygen atoms in total. The van der Waals surface area contributed by atoms with Crippen molar-refractivity contribution < 1.29 is 29.2 Å². The number of benzene rings is 1. The van der Waals surface area contributed by atoms with Gasteiger partial charge in [-0.1, -0.05) is 35.4 Å². The van der Waals surface area contributed by atoms with E-state index in [2.05, 4.69) is 18.8 Å². The third kappa shape index (κ3) is 6.63. The minimum atomic E-state index is -1.26. The average molecular weight is 636 g/mol. The van der Waals surface area contributed by atoms with Crippen molar-refractivity contribution in [2.45, 2.75) is 114 Å². The fourth-order valence-electron chi connectivity index (χ4n) is 6.27. The van der Waals surface area contributed by atoms with Crippen LogP contribution in [0.5, 0.6) is 11.5 Å². The summed E-state index contributed by atoms with van der Waals surface area (Å²) in [6.45, 7) is 7.19. The standard InChI is InChI=1S/C31H45N3O7S2/c1-16(2)9-10-18-24(37)23-27(39-17-7-5-6-8-17)19-11-22(30(3,4)38)40-25(19)20-13-42-43-15-31(14-35,34-29(32)33)12-21(36)26(18)41-28(20)23/h16-17,21-22,35-36,38H,5-15H2,1-4H3,(H4,32,33,34). The number of ether oxygens (including phenoxy) is 2. The molecule has 5 rings (SSSR count). The average Bonchev–Trinajstić information content (AvgIpc) is 3.60. The van der Waals surface area contributed by atoms with Gasteiger partial charge in [0.25, 0.3) is 0 Å². The van der Waals surface area contributed by atoms with E-state index in [1.165, 1.54) is 21.6 Å². The molecule has 3 atom stereocenters. The summed E-state index contributed by atoms with van der Waals surface area (Å²) in [6.07, 6.45) is 3.56. The number of guanidine groups is 1. The molecule has 1 aliphatic carbocycles. The molecule has 1 aromatic carbocycles. The number of nitrogens with zero attached hydrogens (tertiary/aromatic N) is 1. The van der Waals surface area contributed by atoms with E-state index in [1.807, 2.05) is 0 Å². The topological polar surface area (TPSA) is 174 Å². The molecule has 2 aliphatic heterocycles. The summed E-state index contributed by atoms with van der Waals surface area (Å²) in [6, 6.07) is 0. The molecule has 43 heavy (non-hydrogen) atoms. The molecule has 7 N–H and O–H groups in total. The van der Waals surface area contributed by atoms with Crippen LogP contribution < -0.4 is 26.4 Å². The Hall–Kier alpha value is -2.12. The van der Waals surface area contributed by atoms with E-state index >= 15 is 0 Å². The maximum atomic E-state index is 14.7. The summed E-state index contributed by atoms with van der Waals surface area (Å²) in [5.74, 6) is 2.02. The van der Waals surface area contributed by atoms with Crippen LogP contribution in [0, 0.1) is 5.92 Å². The smallest absolute Gasteiger partial charge is 0.200 e. The van der Waals surface area contributed by atoms with Crippen molar-refractivity contribution in [2.75, 3.05) is 12.4 Å². The molecular formula is C31H45N3O7S2. The largest absolute Gasteiger partial charge is 0.489 e. The Kier molecular flexibility index (Phi) is 9.54. The second-order valence-electron chi connectivity index (χ2n) is 13.2.